The van der Waals surface area contributed by atoms with Crippen LogP contribution in [0, 0.1) is 6.85 Å². The maximum absolute atomic E-state index is 14.1. The number of aryl methyl sites for hydroxylation is 1. The molecule has 1 saturated heterocycles. The highest BCUT2D eigenvalue weighted by atomic mass is 16.1. The van der Waals surface area contributed by atoms with E-state index in [1.54, 1.807) is 5.32 Å². The lowest BCUT2D eigenvalue weighted by Crippen LogP contribution is -2.43. The number of carbonyl (C=O) groups excluding carboxylic acids is 1. The molecule has 0 atom stereocenters. The Kier molecular flexibility index (Phi) is 2.28. The zero-order valence-corrected chi connectivity index (χ0v) is 16.9. The van der Waals surface area contributed by atoms with Gasteiger partial charge in [0.2, 0.25) is 5.95 Å². The number of aromatic nitrogens is 4. The van der Waals surface area contributed by atoms with Crippen molar-refractivity contribution in [2.24, 2.45) is 0 Å². The molecular formula is C24H29N7O2. The van der Waals surface area contributed by atoms with E-state index in [1.165, 1.54) is 0 Å². The molecule has 0 bridgehead atoms. The van der Waals surface area contributed by atoms with Crippen molar-refractivity contribution in [2.45, 2.75) is 45.3 Å². The Labute approximate surface area is 220 Å². The van der Waals surface area contributed by atoms with Crippen LogP contribution in [0.25, 0.3) is 11.0 Å². The topological polar surface area (TPSA) is 105 Å². The average Bonchev–Trinajstić information content (AvgIpc) is 3.03. The minimum Gasteiger partial charge on any atom is -0.368 e. The average molecular weight is 468 g/mol. The fourth-order valence-electron chi connectivity index (χ4n) is 3.15. The van der Waals surface area contributed by atoms with Crippen LogP contribution in [-0.4, -0.2) is 51.3 Å². The predicted molar refractivity (Wildman–Crippen MR) is 129 cm³/mol. The van der Waals surface area contributed by atoms with Crippen LogP contribution >= 0.6 is 0 Å². The number of anilines is 3. The Morgan fingerprint density at radius 3 is 2.70 bits per heavy atom. The standard InChI is InChI=1S/C24H29N7O2/c1-15-19-14-27-24(28-20-8-7-18(13-26-20)30-11-9-25-10-12-30)29-22(19)31(17-5-3-4-6-17)23(33)21(15)16(2)32/h7-8,13-14,17,25H,3-6,9-12H2,1-2H3,(H,26,27,28,29)/i1D3,3D2,4D2,5D2,6D2,9D2,10D2,11D2,12D2,17D. The zero-order valence-electron chi connectivity index (χ0n) is 36.9. The number of rotatable bonds is 5. The highest BCUT2D eigenvalue weighted by Gasteiger charge is 2.25. The van der Waals surface area contributed by atoms with Gasteiger partial charge in [0.25, 0.3) is 5.56 Å². The van der Waals surface area contributed by atoms with Gasteiger partial charge in [-0.2, -0.15) is 4.98 Å². The number of Topliss-reactive ketones (excluding diaryl/α,β-unsaturated/α-hetero) is 1. The summed E-state index contributed by atoms with van der Waals surface area (Å²) in [5.41, 5.74) is -5.39. The Morgan fingerprint density at radius 1 is 1.24 bits per heavy atom. The molecule has 2 fully saturated rings. The molecule has 9 heteroatoms. The summed E-state index contributed by atoms with van der Waals surface area (Å²) in [6, 6.07) is -1.86. The summed E-state index contributed by atoms with van der Waals surface area (Å²) in [7, 11) is 0. The summed E-state index contributed by atoms with van der Waals surface area (Å²) in [5.74, 6) is -2.12. The molecule has 4 heterocycles. The minimum absolute atomic E-state index is 0.100. The van der Waals surface area contributed by atoms with E-state index >= 15 is 0 Å². The normalized spacial score (nSPS) is 39.5. The molecule has 0 amide bonds. The molecule has 5 rings (SSSR count). The molecule has 1 saturated carbocycles. The lowest BCUT2D eigenvalue weighted by Gasteiger charge is -2.29. The van der Waals surface area contributed by atoms with Gasteiger partial charge in [-0.3, -0.25) is 14.2 Å². The molecule has 2 aliphatic rings. The van der Waals surface area contributed by atoms with Gasteiger partial charge in [-0.05, 0) is 44.2 Å². The van der Waals surface area contributed by atoms with Gasteiger partial charge in [-0.1, -0.05) is 12.7 Å². The second kappa shape index (κ2) is 8.90. The third kappa shape index (κ3) is 4.08. The van der Waals surface area contributed by atoms with Crippen molar-refractivity contribution in [1.82, 2.24) is 24.8 Å². The largest absolute Gasteiger partial charge is 0.368 e. The predicted octanol–water partition coefficient (Wildman–Crippen LogP) is 2.97. The number of carbonyl (C=O) groups is 1. The molecule has 3 aromatic heterocycles. The third-order valence-electron chi connectivity index (χ3n) is 4.62. The molecule has 9 nitrogen and oxygen atoms in total. The van der Waals surface area contributed by atoms with E-state index in [0.29, 0.717) is 0 Å². The Hall–Kier alpha value is -3.33. The maximum Gasteiger partial charge on any atom is 0.263 e. The van der Waals surface area contributed by atoms with Crippen LogP contribution in [0.4, 0.5) is 17.5 Å². The maximum atomic E-state index is 14.1. The number of ketones is 1. The van der Waals surface area contributed by atoms with Gasteiger partial charge in [0.05, 0.1) is 24.3 Å². The van der Waals surface area contributed by atoms with E-state index in [1.807, 2.05) is 0 Å². The van der Waals surface area contributed by atoms with Crippen LogP contribution in [0.2, 0.25) is 0 Å². The summed E-state index contributed by atoms with van der Waals surface area (Å²) in [4.78, 5) is 39.1. The first-order valence-corrected chi connectivity index (χ1v) is 9.40. The lowest BCUT2D eigenvalue weighted by atomic mass is 10.0. The van der Waals surface area contributed by atoms with Crippen molar-refractivity contribution in [2.75, 3.05) is 36.2 Å². The summed E-state index contributed by atoms with van der Waals surface area (Å²) in [6.07, 6.45) is -13.9. The summed E-state index contributed by atoms with van der Waals surface area (Å²) < 4.78 is 165. The first-order chi connectivity index (χ1) is 23.6. The Balaban J connectivity index is 1.74. The zero-order chi connectivity index (χ0) is 40.7. The number of nitrogens with one attached hydrogen (secondary N) is 2. The highest BCUT2D eigenvalue weighted by molar-refractivity contribution is 5.99. The number of hydrogen-bond acceptors (Lipinski definition) is 8. The molecule has 1 aliphatic heterocycles. The van der Waals surface area contributed by atoms with E-state index in [0.717, 1.165) is 31.5 Å². The highest BCUT2D eigenvalue weighted by Crippen LogP contribution is 2.32. The molecule has 172 valence electrons. The van der Waals surface area contributed by atoms with Gasteiger partial charge in [0.1, 0.15) is 11.5 Å². The van der Waals surface area contributed by atoms with E-state index < -0.39 is 109 Å². The molecule has 0 radical (unpaired) electrons. The van der Waals surface area contributed by atoms with Gasteiger partial charge < -0.3 is 15.5 Å². The van der Waals surface area contributed by atoms with Crippen molar-refractivity contribution >= 4 is 34.3 Å². The van der Waals surface area contributed by atoms with E-state index in [4.69, 9.17) is 27.4 Å². The van der Waals surface area contributed by atoms with Gasteiger partial charge >= 0.3 is 0 Å². The van der Waals surface area contributed by atoms with Crippen molar-refractivity contribution in [1.29, 1.82) is 0 Å². The van der Waals surface area contributed by atoms with Crippen LogP contribution in [0.5, 0.6) is 0 Å². The molecule has 1 aliphatic carbocycles. The summed E-state index contributed by atoms with van der Waals surface area (Å²) in [6.45, 7) is -15.2. The smallest absolute Gasteiger partial charge is 0.263 e. The quantitative estimate of drug-likeness (QED) is 0.552. The first-order valence-electron chi connectivity index (χ1n) is 19.4. The Bertz CT molecular complexity index is 2030. The molecule has 33 heavy (non-hydrogen) atoms. The van der Waals surface area contributed by atoms with Crippen molar-refractivity contribution in [3.63, 3.8) is 0 Å². The SMILES string of the molecule is [2H]C([2H])([2H])c1c(C(C)=O)c(=O)n(C2([2H])C([2H])([2H])C([2H])([2H])C([2H])([2H])C2([2H])[2H])c2nc(Nc3ccc(N4C([2H])([2H])C([2H])([2H])NC([2H])([2H])C4([2H])[2H])cn3)ncc12. The van der Waals surface area contributed by atoms with Gasteiger partial charge in [0, 0.05) is 64.1 Å². The lowest BCUT2D eigenvalue weighted by molar-refractivity contribution is 0.101. The number of pyridine rings is 2. The fraction of sp³-hybridized carbons (Fsp3) is 0.458. The number of fused-ring (bicyclic) bond motifs is 1. The van der Waals surface area contributed by atoms with E-state index in [9.17, 15) is 9.59 Å². The van der Waals surface area contributed by atoms with Gasteiger partial charge in [-0.15, -0.1) is 0 Å². The van der Waals surface area contributed by atoms with Gasteiger partial charge in [0.15, 0.2) is 5.78 Å². The molecular weight excluding hydrogens is 418 g/mol. The number of hydrogen-bond donors (Lipinski definition) is 2. The minimum atomic E-state index is -3.92. The monoisotopic (exact) mass is 467 g/mol. The van der Waals surface area contributed by atoms with Crippen molar-refractivity contribution in [3.05, 3.63) is 46.0 Å². The summed E-state index contributed by atoms with van der Waals surface area (Å²) in [5, 5.41) is 3.48. The van der Waals surface area contributed by atoms with Crippen molar-refractivity contribution < 1.29 is 32.2 Å². The second-order valence-electron chi connectivity index (χ2n) is 6.69. The van der Waals surface area contributed by atoms with Crippen molar-refractivity contribution in [3.8, 4) is 0 Å². The van der Waals surface area contributed by atoms with E-state index in [-0.39, 0.29) is 15.3 Å². The molecule has 0 aromatic carbocycles. The summed E-state index contributed by atoms with van der Waals surface area (Å²) >= 11 is 0. The molecule has 0 spiro atoms. The third-order valence-corrected chi connectivity index (χ3v) is 4.62. The molecule has 0 unspecified atom stereocenters. The molecule has 3 aromatic rings. The van der Waals surface area contributed by atoms with Crippen LogP contribution in [0.1, 0.15) is 81.8 Å². The number of piperazine rings is 1. The van der Waals surface area contributed by atoms with Crippen LogP contribution in [-0.2, 0) is 0 Å². The molecule has 2 N–H and O–H groups in total. The van der Waals surface area contributed by atoms with Crippen LogP contribution in [0.15, 0.2) is 29.3 Å². The number of nitrogens with zero attached hydrogens (tertiary/aromatic N) is 5. The second-order valence-corrected chi connectivity index (χ2v) is 6.69. The van der Waals surface area contributed by atoms with E-state index in [2.05, 4.69) is 20.3 Å². The Morgan fingerprint density at radius 2 is 2.03 bits per heavy atom. The fourth-order valence-corrected chi connectivity index (χ4v) is 3.15. The van der Waals surface area contributed by atoms with Crippen LogP contribution < -0.4 is 21.1 Å². The van der Waals surface area contributed by atoms with Crippen LogP contribution in [0.3, 0.4) is 0 Å². The first kappa shape index (κ1) is 8.47. The van der Waals surface area contributed by atoms with Gasteiger partial charge in [-0.25, -0.2) is 9.97 Å².